The van der Waals surface area contributed by atoms with Crippen LogP contribution in [-0.2, 0) is 0 Å². The molecule has 3 nitrogen and oxygen atoms in total. The van der Waals surface area contributed by atoms with Crippen molar-refractivity contribution < 1.29 is 13.2 Å². The first-order valence-electron chi connectivity index (χ1n) is 9.47. The second kappa shape index (κ2) is 6.62. The SMILES string of the molecule is Fc1ccc2nccc(C3CCCC(c4nc5cc(F)c(F)cc5[nH]4)C3)c2c1. The van der Waals surface area contributed by atoms with Crippen molar-refractivity contribution in [1.29, 1.82) is 0 Å². The van der Waals surface area contributed by atoms with Crippen LogP contribution in [-0.4, -0.2) is 15.0 Å². The van der Waals surface area contributed by atoms with Crippen LogP contribution in [0.25, 0.3) is 21.9 Å². The molecule has 28 heavy (non-hydrogen) atoms. The molecule has 1 aliphatic carbocycles. The highest BCUT2D eigenvalue weighted by molar-refractivity contribution is 5.82. The van der Waals surface area contributed by atoms with E-state index in [0.717, 1.165) is 60.1 Å². The van der Waals surface area contributed by atoms with Gasteiger partial charge in [0.2, 0.25) is 0 Å². The van der Waals surface area contributed by atoms with Gasteiger partial charge in [0.05, 0.1) is 16.6 Å². The second-order valence-electron chi connectivity index (χ2n) is 7.53. The summed E-state index contributed by atoms with van der Waals surface area (Å²) in [6, 6.07) is 8.93. The number of aromatic amines is 1. The van der Waals surface area contributed by atoms with Gasteiger partial charge in [0.1, 0.15) is 11.6 Å². The number of benzene rings is 2. The zero-order valence-electron chi connectivity index (χ0n) is 15.1. The molecule has 1 aliphatic rings. The predicted molar refractivity (Wildman–Crippen MR) is 102 cm³/mol. The zero-order valence-corrected chi connectivity index (χ0v) is 15.1. The summed E-state index contributed by atoms with van der Waals surface area (Å²) in [7, 11) is 0. The zero-order chi connectivity index (χ0) is 19.3. The van der Waals surface area contributed by atoms with Gasteiger partial charge in [-0.1, -0.05) is 6.42 Å². The Hall–Kier alpha value is -2.89. The molecule has 6 heteroatoms. The fourth-order valence-electron chi connectivity index (χ4n) is 4.43. The van der Waals surface area contributed by atoms with Crippen LogP contribution < -0.4 is 0 Å². The van der Waals surface area contributed by atoms with Crippen LogP contribution in [0.2, 0.25) is 0 Å². The second-order valence-corrected chi connectivity index (χ2v) is 7.53. The largest absolute Gasteiger partial charge is 0.342 e. The molecular weight excluding hydrogens is 363 g/mol. The molecule has 0 aliphatic heterocycles. The number of hydrogen-bond donors (Lipinski definition) is 1. The monoisotopic (exact) mass is 381 g/mol. The van der Waals surface area contributed by atoms with E-state index in [-0.39, 0.29) is 17.7 Å². The molecule has 1 fully saturated rings. The summed E-state index contributed by atoms with van der Waals surface area (Å²) < 4.78 is 40.8. The van der Waals surface area contributed by atoms with Crippen molar-refractivity contribution in [2.75, 3.05) is 0 Å². The molecule has 2 heterocycles. The summed E-state index contributed by atoms with van der Waals surface area (Å²) in [6.07, 6.45) is 5.59. The van der Waals surface area contributed by atoms with Crippen molar-refractivity contribution in [2.45, 2.75) is 37.5 Å². The van der Waals surface area contributed by atoms with E-state index >= 15 is 0 Å². The average Bonchev–Trinajstić information content (AvgIpc) is 3.10. The van der Waals surface area contributed by atoms with Gasteiger partial charge in [-0.05, 0) is 55.0 Å². The van der Waals surface area contributed by atoms with Crippen molar-refractivity contribution in [3.8, 4) is 0 Å². The van der Waals surface area contributed by atoms with Gasteiger partial charge >= 0.3 is 0 Å². The van der Waals surface area contributed by atoms with Crippen LogP contribution in [0.3, 0.4) is 0 Å². The number of hydrogen-bond acceptors (Lipinski definition) is 2. The maximum atomic E-state index is 13.8. The number of pyridine rings is 1. The molecule has 1 saturated carbocycles. The van der Waals surface area contributed by atoms with Gasteiger partial charge in [-0.15, -0.1) is 0 Å². The Balaban J connectivity index is 1.49. The number of aromatic nitrogens is 3. The number of nitrogens with zero attached hydrogens (tertiary/aromatic N) is 2. The Morgan fingerprint density at radius 2 is 1.71 bits per heavy atom. The van der Waals surface area contributed by atoms with Gasteiger partial charge in [0.25, 0.3) is 0 Å². The Labute approximate surface area is 159 Å². The molecule has 0 saturated heterocycles. The Morgan fingerprint density at radius 3 is 2.61 bits per heavy atom. The van der Waals surface area contributed by atoms with Gasteiger partial charge in [0, 0.05) is 29.6 Å². The van der Waals surface area contributed by atoms with Crippen molar-refractivity contribution in [3.63, 3.8) is 0 Å². The van der Waals surface area contributed by atoms with E-state index in [9.17, 15) is 13.2 Å². The summed E-state index contributed by atoms with van der Waals surface area (Å²) in [5, 5.41) is 0.849. The molecular formula is C22H18F3N3. The van der Waals surface area contributed by atoms with Gasteiger partial charge in [-0.2, -0.15) is 0 Å². The molecule has 0 bridgehead atoms. The van der Waals surface area contributed by atoms with E-state index in [4.69, 9.17) is 0 Å². The molecule has 0 amide bonds. The lowest BCUT2D eigenvalue weighted by Gasteiger charge is -2.29. The topological polar surface area (TPSA) is 41.6 Å². The highest BCUT2D eigenvalue weighted by atomic mass is 19.2. The van der Waals surface area contributed by atoms with E-state index < -0.39 is 11.6 Å². The molecule has 4 aromatic rings. The smallest absolute Gasteiger partial charge is 0.161 e. The molecule has 2 aromatic heterocycles. The van der Waals surface area contributed by atoms with Crippen LogP contribution in [0.4, 0.5) is 13.2 Å². The summed E-state index contributed by atoms with van der Waals surface area (Å²) in [5.41, 5.74) is 2.83. The van der Waals surface area contributed by atoms with Crippen LogP contribution in [0, 0.1) is 17.5 Å². The Bertz CT molecular complexity index is 1150. The number of fused-ring (bicyclic) bond motifs is 2. The van der Waals surface area contributed by atoms with E-state index in [2.05, 4.69) is 15.0 Å². The fraction of sp³-hybridized carbons (Fsp3) is 0.273. The van der Waals surface area contributed by atoms with E-state index in [1.807, 2.05) is 6.07 Å². The van der Waals surface area contributed by atoms with E-state index in [1.54, 1.807) is 18.3 Å². The highest BCUT2D eigenvalue weighted by Crippen LogP contribution is 2.42. The van der Waals surface area contributed by atoms with Crippen molar-refractivity contribution in [3.05, 3.63) is 71.4 Å². The van der Waals surface area contributed by atoms with Crippen molar-refractivity contribution >= 4 is 21.9 Å². The molecule has 0 spiro atoms. The van der Waals surface area contributed by atoms with Gasteiger partial charge in [0.15, 0.2) is 11.6 Å². The Morgan fingerprint density at radius 1 is 0.893 bits per heavy atom. The van der Waals surface area contributed by atoms with Gasteiger partial charge in [-0.3, -0.25) is 4.98 Å². The Kier molecular flexibility index (Phi) is 4.07. The van der Waals surface area contributed by atoms with Crippen LogP contribution in [0.1, 0.15) is 48.9 Å². The number of rotatable bonds is 2. The fourth-order valence-corrected chi connectivity index (χ4v) is 4.43. The average molecular weight is 381 g/mol. The maximum absolute atomic E-state index is 13.8. The van der Waals surface area contributed by atoms with E-state index in [0.29, 0.717) is 11.0 Å². The highest BCUT2D eigenvalue weighted by Gasteiger charge is 2.28. The maximum Gasteiger partial charge on any atom is 0.161 e. The first-order valence-corrected chi connectivity index (χ1v) is 9.47. The van der Waals surface area contributed by atoms with Crippen molar-refractivity contribution in [1.82, 2.24) is 15.0 Å². The van der Waals surface area contributed by atoms with Crippen LogP contribution in [0.15, 0.2) is 42.6 Å². The molecule has 2 atom stereocenters. The molecule has 0 radical (unpaired) electrons. The predicted octanol–water partition coefficient (Wildman–Crippen LogP) is 5.97. The number of halogens is 3. The molecule has 2 aromatic carbocycles. The number of H-pyrrole nitrogens is 1. The molecule has 5 rings (SSSR count). The first-order chi connectivity index (χ1) is 13.6. The van der Waals surface area contributed by atoms with E-state index in [1.165, 1.54) is 6.07 Å². The first kappa shape index (κ1) is 17.2. The third-order valence-electron chi connectivity index (χ3n) is 5.78. The van der Waals surface area contributed by atoms with Crippen LogP contribution >= 0.6 is 0 Å². The third kappa shape index (κ3) is 2.93. The summed E-state index contributed by atoms with van der Waals surface area (Å²) in [4.78, 5) is 12.0. The minimum absolute atomic E-state index is 0.161. The number of nitrogens with one attached hydrogen (secondary N) is 1. The molecule has 142 valence electrons. The summed E-state index contributed by atoms with van der Waals surface area (Å²) >= 11 is 0. The minimum atomic E-state index is -0.891. The van der Waals surface area contributed by atoms with Gasteiger partial charge < -0.3 is 4.98 Å². The normalized spacial score (nSPS) is 20.1. The molecule has 2 unspecified atom stereocenters. The summed E-state index contributed by atoms with van der Waals surface area (Å²) in [6.45, 7) is 0. The van der Waals surface area contributed by atoms with Crippen molar-refractivity contribution in [2.24, 2.45) is 0 Å². The quantitative estimate of drug-likeness (QED) is 0.465. The number of imidazole rings is 1. The van der Waals surface area contributed by atoms with Gasteiger partial charge in [-0.25, -0.2) is 18.2 Å². The third-order valence-corrected chi connectivity index (χ3v) is 5.78. The standard InChI is InChI=1S/C22H18F3N3/c23-14-4-5-19-16(9-14)15(6-7-26-19)12-2-1-3-13(8-12)22-27-20-10-17(24)18(25)11-21(20)28-22/h4-7,9-13H,1-3,8H2,(H,27,28). The molecule has 1 N–H and O–H groups in total. The lowest BCUT2D eigenvalue weighted by Crippen LogP contribution is -2.14. The lowest BCUT2D eigenvalue weighted by atomic mass is 9.77. The summed E-state index contributed by atoms with van der Waals surface area (Å²) in [5.74, 6) is -0.863. The lowest BCUT2D eigenvalue weighted by molar-refractivity contribution is 0.386. The minimum Gasteiger partial charge on any atom is -0.342 e. The van der Waals surface area contributed by atoms with Crippen LogP contribution in [0.5, 0.6) is 0 Å².